The van der Waals surface area contributed by atoms with Crippen LogP contribution in [0, 0.1) is 6.92 Å². The first kappa shape index (κ1) is 24.2. The molecule has 2 amide bonds. The molecule has 2 aromatic heterocycles. The van der Waals surface area contributed by atoms with Crippen LogP contribution in [0.25, 0.3) is 5.65 Å². The number of ether oxygens (including phenoxy) is 1. The van der Waals surface area contributed by atoms with Gasteiger partial charge in [0.1, 0.15) is 17.3 Å². The number of hydrogen-bond donors (Lipinski definition) is 1. The number of aromatic nitrogens is 2. The Kier molecular flexibility index (Phi) is 6.25. The summed E-state index contributed by atoms with van der Waals surface area (Å²) in [4.78, 5) is 30.1. The smallest absolute Gasteiger partial charge is 0.412 e. The summed E-state index contributed by atoms with van der Waals surface area (Å²) in [6.07, 6.45) is 3.67. The lowest BCUT2D eigenvalue weighted by atomic mass is 10.0. The van der Waals surface area contributed by atoms with E-state index in [0.717, 1.165) is 28.2 Å². The second-order valence-corrected chi connectivity index (χ2v) is 10.1. The minimum Gasteiger partial charge on any atom is -0.444 e. The zero-order valence-electron chi connectivity index (χ0n) is 21.3. The highest BCUT2D eigenvalue weighted by Gasteiger charge is 2.35. The highest BCUT2D eigenvalue weighted by atomic mass is 16.6. The van der Waals surface area contributed by atoms with Gasteiger partial charge in [-0.2, -0.15) is 5.10 Å². The topological polar surface area (TPSA) is 88.3 Å². The third-order valence-corrected chi connectivity index (χ3v) is 6.08. The Morgan fingerprint density at radius 1 is 1.00 bits per heavy atom. The minimum atomic E-state index is -0.580. The Hall–Kier alpha value is -4.46. The number of carbonyl (C=O) groups excluding carboxylic acids is 2. The van der Waals surface area contributed by atoms with E-state index in [1.807, 2.05) is 92.9 Å². The van der Waals surface area contributed by atoms with Crippen molar-refractivity contribution in [2.75, 3.05) is 5.32 Å². The Balaban J connectivity index is 1.45. The zero-order valence-corrected chi connectivity index (χ0v) is 21.3. The number of amides is 2. The summed E-state index contributed by atoms with van der Waals surface area (Å²) in [7, 11) is 0. The van der Waals surface area contributed by atoms with Crippen LogP contribution in [-0.4, -0.2) is 37.7 Å². The molecule has 1 aliphatic rings. The third kappa shape index (κ3) is 5.23. The molecule has 4 aromatic rings. The van der Waals surface area contributed by atoms with Gasteiger partial charge in [0.15, 0.2) is 0 Å². The van der Waals surface area contributed by atoms with Gasteiger partial charge in [-0.05, 0) is 69.7 Å². The molecule has 0 saturated carbocycles. The molecule has 1 aliphatic heterocycles. The van der Waals surface area contributed by atoms with E-state index in [9.17, 15) is 9.59 Å². The molecule has 0 saturated heterocycles. The van der Waals surface area contributed by atoms with E-state index in [-0.39, 0.29) is 11.9 Å². The number of hydrogen-bond acceptors (Lipinski definition) is 5. The van der Waals surface area contributed by atoms with Gasteiger partial charge in [0.05, 0.1) is 5.71 Å². The van der Waals surface area contributed by atoms with Gasteiger partial charge in [-0.1, -0.05) is 35.9 Å². The van der Waals surface area contributed by atoms with Crippen LogP contribution in [0.3, 0.4) is 0 Å². The van der Waals surface area contributed by atoms with Crippen LogP contribution in [-0.2, 0) is 4.74 Å². The van der Waals surface area contributed by atoms with Gasteiger partial charge in [-0.3, -0.25) is 10.1 Å². The predicted octanol–water partition coefficient (Wildman–Crippen LogP) is 5.98. The number of imidazole rings is 1. The van der Waals surface area contributed by atoms with E-state index < -0.39 is 11.7 Å². The number of fused-ring (bicyclic) bond motifs is 1. The standard InChI is InChI=1S/C29H29N5O3/c1-19-8-10-21(11-9-19)27(35)34-25(24-6-5-7-26-30-16-17-33(24)26)18-23(32-34)20-12-14-22(15-13-20)31-28(36)37-29(2,3)4/h5-17,25H,18H2,1-4H3,(H,31,36). The number of carbonyl (C=O) groups is 2. The summed E-state index contributed by atoms with van der Waals surface area (Å²) in [5.41, 5.74) is 5.09. The van der Waals surface area contributed by atoms with Crippen LogP contribution in [0.4, 0.5) is 10.5 Å². The molecule has 2 aromatic carbocycles. The van der Waals surface area contributed by atoms with Crippen molar-refractivity contribution in [3.05, 3.63) is 102 Å². The lowest BCUT2D eigenvalue weighted by Gasteiger charge is -2.23. The van der Waals surface area contributed by atoms with Crippen molar-refractivity contribution in [3.63, 3.8) is 0 Å². The molecule has 188 valence electrons. The highest BCUT2D eigenvalue weighted by molar-refractivity contribution is 6.05. The van der Waals surface area contributed by atoms with Crippen LogP contribution < -0.4 is 5.32 Å². The first-order valence-electron chi connectivity index (χ1n) is 12.2. The van der Waals surface area contributed by atoms with E-state index in [2.05, 4.69) is 10.3 Å². The normalized spacial score (nSPS) is 15.5. The quantitative estimate of drug-likeness (QED) is 0.377. The Morgan fingerprint density at radius 3 is 2.43 bits per heavy atom. The molecule has 0 bridgehead atoms. The Morgan fingerprint density at radius 2 is 1.73 bits per heavy atom. The maximum Gasteiger partial charge on any atom is 0.412 e. The summed E-state index contributed by atoms with van der Waals surface area (Å²) in [5.74, 6) is -0.166. The summed E-state index contributed by atoms with van der Waals surface area (Å²) in [6, 6.07) is 20.5. The van der Waals surface area contributed by atoms with Crippen molar-refractivity contribution in [3.8, 4) is 0 Å². The first-order valence-corrected chi connectivity index (χ1v) is 12.2. The summed E-state index contributed by atoms with van der Waals surface area (Å²) in [5, 5.41) is 9.12. The van der Waals surface area contributed by atoms with E-state index in [1.165, 1.54) is 0 Å². The number of pyridine rings is 1. The van der Waals surface area contributed by atoms with Crippen LogP contribution in [0.5, 0.6) is 0 Å². The second kappa shape index (κ2) is 9.54. The van der Waals surface area contributed by atoms with Crippen LogP contribution in [0.1, 0.15) is 60.4 Å². The molecule has 0 spiro atoms. The van der Waals surface area contributed by atoms with Gasteiger partial charge in [-0.25, -0.2) is 14.8 Å². The lowest BCUT2D eigenvalue weighted by molar-refractivity contribution is 0.0635. The van der Waals surface area contributed by atoms with Crippen molar-refractivity contribution in [2.45, 2.75) is 45.8 Å². The fraction of sp³-hybridized carbons (Fsp3) is 0.241. The van der Waals surface area contributed by atoms with Gasteiger partial charge in [0.2, 0.25) is 0 Å². The van der Waals surface area contributed by atoms with E-state index in [4.69, 9.17) is 9.84 Å². The molecule has 1 unspecified atom stereocenters. The van der Waals surface area contributed by atoms with Gasteiger partial charge in [-0.15, -0.1) is 0 Å². The Bertz CT molecular complexity index is 1480. The minimum absolute atomic E-state index is 0.166. The second-order valence-electron chi connectivity index (χ2n) is 10.1. The summed E-state index contributed by atoms with van der Waals surface area (Å²) < 4.78 is 7.32. The number of rotatable bonds is 4. The number of hydrazone groups is 1. The van der Waals surface area contributed by atoms with Crippen molar-refractivity contribution in [1.29, 1.82) is 0 Å². The van der Waals surface area contributed by atoms with Crippen LogP contribution >= 0.6 is 0 Å². The van der Waals surface area contributed by atoms with Crippen molar-refractivity contribution in [2.24, 2.45) is 5.10 Å². The van der Waals surface area contributed by atoms with Gasteiger partial charge in [0, 0.05) is 35.8 Å². The van der Waals surface area contributed by atoms with Gasteiger partial charge >= 0.3 is 6.09 Å². The summed E-state index contributed by atoms with van der Waals surface area (Å²) >= 11 is 0. The average molecular weight is 496 g/mol. The molecular weight excluding hydrogens is 466 g/mol. The van der Waals surface area contributed by atoms with Crippen molar-refractivity contribution >= 4 is 29.0 Å². The monoisotopic (exact) mass is 495 g/mol. The molecule has 5 rings (SSSR count). The molecule has 37 heavy (non-hydrogen) atoms. The molecule has 0 aliphatic carbocycles. The molecule has 3 heterocycles. The van der Waals surface area contributed by atoms with Gasteiger partial charge < -0.3 is 9.14 Å². The molecule has 1 N–H and O–H groups in total. The van der Waals surface area contributed by atoms with E-state index >= 15 is 0 Å². The van der Waals surface area contributed by atoms with Crippen molar-refractivity contribution in [1.82, 2.24) is 14.4 Å². The number of anilines is 1. The fourth-order valence-corrected chi connectivity index (χ4v) is 4.34. The zero-order chi connectivity index (χ0) is 26.2. The van der Waals surface area contributed by atoms with E-state index in [0.29, 0.717) is 17.7 Å². The highest BCUT2D eigenvalue weighted by Crippen LogP contribution is 2.34. The summed E-state index contributed by atoms with van der Waals surface area (Å²) in [6.45, 7) is 7.44. The largest absolute Gasteiger partial charge is 0.444 e. The van der Waals surface area contributed by atoms with E-state index in [1.54, 1.807) is 23.3 Å². The molecule has 8 heteroatoms. The maximum absolute atomic E-state index is 13.6. The van der Waals surface area contributed by atoms with Crippen molar-refractivity contribution < 1.29 is 14.3 Å². The number of nitrogens with one attached hydrogen (secondary N) is 1. The number of aryl methyl sites for hydroxylation is 1. The number of nitrogens with zero attached hydrogens (tertiary/aromatic N) is 4. The van der Waals surface area contributed by atoms with Crippen LogP contribution in [0.2, 0.25) is 0 Å². The predicted molar refractivity (Wildman–Crippen MR) is 143 cm³/mol. The molecule has 1 atom stereocenters. The van der Waals surface area contributed by atoms with Gasteiger partial charge in [0.25, 0.3) is 5.91 Å². The molecule has 0 fully saturated rings. The first-order chi connectivity index (χ1) is 17.7. The number of benzene rings is 2. The SMILES string of the molecule is Cc1ccc(C(=O)N2N=C(c3ccc(NC(=O)OC(C)(C)C)cc3)CC2c2cccc3nccn23)cc1. The molecule has 0 radical (unpaired) electrons. The Labute approximate surface area is 215 Å². The molecule has 8 nitrogen and oxygen atoms in total. The maximum atomic E-state index is 13.6. The third-order valence-electron chi connectivity index (χ3n) is 6.08. The fourth-order valence-electron chi connectivity index (χ4n) is 4.34. The average Bonchev–Trinajstić information content (AvgIpc) is 3.51. The van der Waals surface area contributed by atoms with Crippen LogP contribution in [0.15, 0.2) is 84.2 Å². The lowest BCUT2D eigenvalue weighted by Crippen LogP contribution is -2.28. The molecular formula is C29H29N5O3.